The van der Waals surface area contributed by atoms with E-state index in [2.05, 4.69) is 5.32 Å². The molecule has 2 aromatic rings. The molecule has 0 aliphatic heterocycles. The van der Waals surface area contributed by atoms with Crippen molar-refractivity contribution in [1.82, 2.24) is 0 Å². The number of carbonyl (C=O) groups excluding carboxylic acids is 1. The van der Waals surface area contributed by atoms with Crippen molar-refractivity contribution in [2.45, 2.75) is 6.92 Å². The highest BCUT2D eigenvalue weighted by Gasteiger charge is 2.11. The van der Waals surface area contributed by atoms with Crippen LogP contribution in [0.5, 0.6) is 11.5 Å². The third-order valence-corrected chi connectivity index (χ3v) is 3.55. The van der Waals surface area contributed by atoms with Gasteiger partial charge in [0.25, 0.3) is 5.91 Å². The van der Waals surface area contributed by atoms with Crippen molar-refractivity contribution in [3.05, 3.63) is 58.6 Å². The van der Waals surface area contributed by atoms with Gasteiger partial charge in [0.2, 0.25) is 0 Å². The van der Waals surface area contributed by atoms with Crippen molar-refractivity contribution < 1.29 is 14.3 Å². The maximum absolute atomic E-state index is 12.3. The lowest BCUT2D eigenvalue weighted by Crippen LogP contribution is -2.13. The molecular weight excluding hydrogens is 340 g/mol. The lowest BCUT2D eigenvalue weighted by atomic mass is 10.1. The second kappa shape index (κ2) is 8.76. The molecule has 0 atom stereocenters. The molecule has 0 spiro atoms. The van der Waals surface area contributed by atoms with Crippen LogP contribution in [0.2, 0.25) is 5.02 Å². The lowest BCUT2D eigenvalue weighted by Gasteiger charge is -2.08. The molecule has 6 heteroatoms. The van der Waals surface area contributed by atoms with Crippen LogP contribution in [0.4, 0.5) is 5.69 Å². The standard InChI is InChI=1S/C19H17ClN2O3/c1-3-25-16-6-4-5-13(10-16)9-14(12-21)19(23)22-15-7-8-18(24-2)17(20)11-15/h4-11H,3H2,1-2H3,(H,22,23)/b14-9+. The zero-order valence-electron chi connectivity index (χ0n) is 13.9. The molecule has 128 valence electrons. The number of carbonyl (C=O) groups is 1. The fourth-order valence-corrected chi connectivity index (χ4v) is 2.38. The van der Waals surface area contributed by atoms with E-state index >= 15 is 0 Å². The zero-order chi connectivity index (χ0) is 18.2. The minimum atomic E-state index is -0.523. The van der Waals surface area contributed by atoms with E-state index in [0.29, 0.717) is 34.4 Å². The van der Waals surface area contributed by atoms with Gasteiger partial charge in [0.15, 0.2) is 0 Å². The van der Waals surface area contributed by atoms with Gasteiger partial charge < -0.3 is 14.8 Å². The molecule has 1 N–H and O–H groups in total. The minimum absolute atomic E-state index is 0.0272. The molecule has 0 bridgehead atoms. The Labute approximate surface area is 151 Å². The van der Waals surface area contributed by atoms with E-state index in [1.54, 1.807) is 36.4 Å². The van der Waals surface area contributed by atoms with E-state index in [1.165, 1.54) is 13.2 Å². The van der Waals surface area contributed by atoms with E-state index in [1.807, 2.05) is 19.1 Å². The van der Waals surface area contributed by atoms with Crippen molar-refractivity contribution in [3.8, 4) is 17.6 Å². The van der Waals surface area contributed by atoms with E-state index in [0.717, 1.165) is 0 Å². The predicted octanol–water partition coefficient (Wildman–Crippen LogP) is 4.29. The number of nitrogens with zero attached hydrogens (tertiary/aromatic N) is 1. The molecule has 2 rings (SSSR count). The Hall–Kier alpha value is -2.97. The largest absolute Gasteiger partial charge is 0.495 e. The minimum Gasteiger partial charge on any atom is -0.495 e. The summed E-state index contributed by atoms with van der Waals surface area (Å²) in [5.74, 6) is 0.657. The number of nitrogens with one attached hydrogen (secondary N) is 1. The summed E-state index contributed by atoms with van der Waals surface area (Å²) >= 11 is 6.03. The van der Waals surface area contributed by atoms with Gasteiger partial charge >= 0.3 is 0 Å². The molecule has 25 heavy (non-hydrogen) atoms. The third-order valence-electron chi connectivity index (χ3n) is 3.25. The van der Waals surface area contributed by atoms with Crippen LogP contribution < -0.4 is 14.8 Å². The Morgan fingerprint density at radius 3 is 2.76 bits per heavy atom. The SMILES string of the molecule is CCOc1cccc(/C=C(\C#N)C(=O)Nc2ccc(OC)c(Cl)c2)c1. The fourth-order valence-electron chi connectivity index (χ4n) is 2.12. The number of methoxy groups -OCH3 is 1. The van der Waals surface area contributed by atoms with Crippen LogP contribution in [0.1, 0.15) is 12.5 Å². The summed E-state index contributed by atoms with van der Waals surface area (Å²) in [5.41, 5.74) is 1.14. The number of amides is 1. The van der Waals surface area contributed by atoms with Gasteiger partial charge in [0.05, 0.1) is 18.7 Å². The normalized spacial score (nSPS) is 10.7. The number of rotatable bonds is 6. The van der Waals surface area contributed by atoms with E-state index < -0.39 is 5.91 Å². The molecule has 0 unspecified atom stereocenters. The van der Waals surface area contributed by atoms with Crippen LogP contribution in [0.15, 0.2) is 48.0 Å². The molecule has 1 amide bonds. The van der Waals surface area contributed by atoms with E-state index in [9.17, 15) is 10.1 Å². The second-order valence-corrected chi connectivity index (χ2v) is 5.39. The Morgan fingerprint density at radius 1 is 1.32 bits per heavy atom. The van der Waals surface area contributed by atoms with Crippen molar-refractivity contribution in [2.75, 3.05) is 19.0 Å². The van der Waals surface area contributed by atoms with Gasteiger partial charge in [-0.1, -0.05) is 23.7 Å². The van der Waals surface area contributed by atoms with E-state index in [4.69, 9.17) is 21.1 Å². The van der Waals surface area contributed by atoms with Crippen LogP contribution >= 0.6 is 11.6 Å². The summed E-state index contributed by atoms with van der Waals surface area (Å²) < 4.78 is 10.5. The van der Waals surface area contributed by atoms with E-state index in [-0.39, 0.29) is 5.57 Å². The van der Waals surface area contributed by atoms with Gasteiger partial charge in [0.1, 0.15) is 23.1 Å². The maximum atomic E-state index is 12.3. The first-order valence-electron chi connectivity index (χ1n) is 7.57. The smallest absolute Gasteiger partial charge is 0.266 e. The fraction of sp³-hybridized carbons (Fsp3) is 0.158. The summed E-state index contributed by atoms with van der Waals surface area (Å²) in [5, 5.41) is 12.3. The quantitative estimate of drug-likeness (QED) is 0.619. The Bertz CT molecular complexity index is 841. The monoisotopic (exact) mass is 356 g/mol. The first-order chi connectivity index (χ1) is 12.1. The molecule has 2 aromatic carbocycles. The summed E-state index contributed by atoms with van der Waals surface area (Å²) in [7, 11) is 1.51. The molecule has 0 aliphatic carbocycles. The predicted molar refractivity (Wildman–Crippen MR) is 97.8 cm³/mol. The Balaban J connectivity index is 2.19. The van der Waals surface area contributed by atoms with Crippen molar-refractivity contribution in [1.29, 1.82) is 5.26 Å². The Morgan fingerprint density at radius 2 is 2.12 bits per heavy atom. The number of nitriles is 1. The summed E-state index contributed by atoms with van der Waals surface area (Å²) in [6, 6.07) is 13.9. The van der Waals surface area contributed by atoms with Gasteiger partial charge in [-0.25, -0.2) is 0 Å². The molecule has 0 saturated carbocycles. The molecular formula is C19H17ClN2O3. The number of hydrogen-bond donors (Lipinski definition) is 1. The number of halogens is 1. The first kappa shape index (κ1) is 18.4. The summed E-state index contributed by atoms with van der Waals surface area (Å²) in [4.78, 5) is 12.3. The highest BCUT2D eigenvalue weighted by molar-refractivity contribution is 6.32. The molecule has 0 fully saturated rings. The highest BCUT2D eigenvalue weighted by Crippen LogP contribution is 2.27. The van der Waals surface area contributed by atoms with Crippen molar-refractivity contribution in [2.24, 2.45) is 0 Å². The van der Waals surface area contributed by atoms with Crippen LogP contribution in [0.3, 0.4) is 0 Å². The van der Waals surface area contributed by atoms with Crippen LogP contribution in [0.25, 0.3) is 6.08 Å². The van der Waals surface area contributed by atoms with Gasteiger partial charge in [-0.2, -0.15) is 5.26 Å². The number of benzene rings is 2. The number of ether oxygens (including phenoxy) is 2. The van der Waals surface area contributed by atoms with Crippen LogP contribution in [-0.4, -0.2) is 19.6 Å². The molecule has 0 aromatic heterocycles. The average Bonchev–Trinajstić information content (AvgIpc) is 2.60. The van der Waals surface area contributed by atoms with Crippen molar-refractivity contribution >= 4 is 29.3 Å². The molecule has 0 heterocycles. The van der Waals surface area contributed by atoms with Crippen LogP contribution in [0, 0.1) is 11.3 Å². The molecule has 5 nitrogen and oxygen atoms in total. The molecule has 0 saturated heterocycles. The average molecular weight is 357 g/mol. The molecule has 0 aliphatic rings. The number of hydrogen-bond acceptors (Lipinski definition) is 4. The topological polar surface area (TPSA) is 71.3 Å². The molecule has 0 radical (unpaired) electrons. The maximum Gasteiger partial charge on any atom is 0.266 e. The van der Waals surface area contributed by atoms with Crippen LogP contribution in [-0.2, 0) is 4.79 Å². The second-order valence-electron chi connectivity index (χ2n) is 4.98. The zero-order valence-corrected chi connectivity index (χ0v) is 14.6. The number of anilines is 1. The van der Waals surface area contributed by atoms with Crippen molar-refractivity contribution in [3.63, 3.8) is 0 Å². The summed E-state index contributed by atoms with van der Waals surface area (Å²) in [6.07, 6.45) is 1.50. The summed E-state index contributed by atoms with van der Waals surface area (Å²) in [6.45, 7) is 2.42. The van der Waals surface area contributed by atoms with Gasteiger partial charge in [0, 0.05) is 5.69 Å². The van der Waals surface area contributed by atoms with Gasteiger partial charge in [-0.3, -0.25) is 4.79 Å². The third kappa shape index (κ3) is 5.00. The lowest BCUT2D eigenvalue weighted by molar-refractivity contribution is -0.112. The Kier molecular flexibility index (Phi) is 6.44. The van der Waals surface area contributed by atoms with Gasteiger partial charge in [-0.05, 0) is 48.9 Å². The van der Waals surface area contributed by atoms with Gasteiger partial charge in [-0.15, -0.1) is 0 Å². The highest BCUT2D eigenvalue weighted by atomic mass is 35.5. The first-order valence-corrected chi connectivity index (χ1v) is 7.94.